The first-order valence-electron chi connectivity index (χ1n) is 4.48. The first kappa shape index (κ1) is 8.82. The summed E-state index contributed by atoms with van der Waals surface area (Å²) in [4.78, 5) is 5.72. The maximum atomic E-state index is 4.31. The Morgan fingerprint density at radius 3 is 2.85 bits per heavy atom. The van der Waals surface area contributed by atoms with Crippen molar-refractivity contribution in [1.82, 2.24) is 0 Å². The quantitative estimate of drug-likeness (QED) is 0.622. The van der Waals surface area contributed by atoms with E-state index < -0.39 is 0 Å². The second-order valence-electron chi connectivity index (χ2n) is 3.16. The highest BCUT2D eigenvalue weighted by Crippen LogP contribution is 2.30. The highest BCUT2D eigenvalue weighted by Gasteiger charge is 2.18. The second kappa shape index (κ2) is 3.54. The number of hydrogen-bond donors (Lipinski definition) is 0. The molecule has 68 valence electrons. The van der Waals surface area contributed by atoms with Crippen LogP contribution >= 0.6 is 11.8 Å². The van der Waals surface area contributed by atoms with E-state index in [1.807, 2.05) is 18.8 Å². The van der Waals surface area contributed by atoms with Gasteiger partial charge in [-0.2, -0.15) is 0 Å². The molecule has 0 bridgehead atoms. The number of nitrogens with zero attached hydrogens (tertiary/aromatic N) is 1. The van der Waals surface area contributed by atoms with Gasteiger partial charge >= 0.3 is 0 Å². The van der Waals surface area contributed by atoms with Crippen LogP contribution in [-0.4, -0.2) is 19.0 Å². The van der Waals surface area contributed by atoms with Gasteiger partial charge in [0.2, 0.25) is 0 Å². The molecule has 0 amide bonds. The van der Waals surface area contributed by atoms with Gasteiger partial charge in [-0.25, -0.2) is 0 Å². The third kappa shape index (κ3) is 1.39. The number of hydrogen-bond acceptors (Lipinski definition) is 2. The molecule has 1 aromatic carbocycles. The summed E-state index contributed by atoms with van der Waals surface area (Å²) >= 11 is 1.83. The van der Waals surface area contributed by atoms with Gasteiger partial charge < -0.3 is 0 Å². The van der Waals surface area contributed by atoms with Gasteiger partial charge in [0.1, 0.15) is 0 Å². The van der Waals surface area contributed by atoms with E-state index >= 15 is 0 Å². The third-order valence-corrected chi connectivity index (χ3v) is 3.37. The molecule has 1 aromatic rings. The summed E-state index contributed by atoms with van der Waals surface area (Å²) in [5, 5.41) is 0. The molecule has 0 radical (unpaired) electrons. The molecule has 2 heteroatoms. The predicted molar refractivity (Wildman–Crippen MR) is 59.0 cm³/mol. The lowest BCUT2D eigenvalue weighted by molar-refractivity contribution is 1.05. The molecule has 0 N–H and O–H groups in total. The summed E-state index contributed by atoms with van der Waals surface area (Å²) in [6.45, 7) is 0. The van der Waals surface area contributed by atoms with E-state index in [4.69, 9.17) is 0 Å². The van der Waals surface area contributed by atoms with Gasteiger partial charge in [0.25, 0.3) is 0 Å². The van der Waals surface area contributed by atoms with Gasteiger partial charge in [0, 0.05) is 17.7 Å². The van der Waals surface area contributed by atoms with E-state index in [9.17, 15) is 0 Å². The Bertz CT molecular complexity index is 355. The number of thioether (sulfide) groups is 1. The van der Waals surface area contributed by atoms with Crippen LogP contribution in [0.1, 0.15) is 17.5 Å². The molecule has 0 aliphatic heterocycles. The van der Waals surface area contributed by atoms with E-state index in [-0.39, 0.29) is 0 Å². The Morgan fingerprint density at radius 2 is 2.15 bits per heavy atom. The van der Waals surface area contributed by atoms with Crippen LogP contribution in [-0.2, 0) is 6.42 Å². The summed E-state index contributed by atoms with van der Waals surface area (Å²) in [5.74, 6) is 0. The molecular weight excluding hydrogens is 178 g/mol. The van der Waals surface area contributed by atoms with Crippen molar-refractivity contribution in [3.05, 3.63) is 29.3 Å². The fourth-order valence-corrected chi connectivity index (χ4v) is 2.57. The monoisotopic (exact) mass is 191 g/mol. The molecule has 0 atom stereocenters. The van der Waals surface area contributed by atoms with Gasteiger partial charge in [-0.15, -0.1) is 11.8 Å². The summed E-state index contributed by atoms with van der Waals surface area (Å²) < 4.78 is 0. The maximum Gasteiger partial charge on any atom is 0.0423 e. The van der Waals surface area contributed by atoms with E-state index in [0.29, 0.717) is 0 Å². The number of aliphatic imine (C=N–C) groups is 1. The smallest absolute Gasteiger partial charge is 0.0423 e. The molecule has 1 aliphatic carbocycles. The molecule has 0 saturated carbocycles. The third-order valence-electron chi connectivity index (χ3n) is 2.55. The molecule has 0 unspecified atom stereocenters. The minimum atomic E-state index is 1.11. The molecule has 13 heavy (non-hydrogen) atoms. The Hall–Kier alpha value is -0.760. The Labute approximate surface area is 83.3 Å². The van der Waals surface area contributed by atoms with Crippen molar-refractivity contribution < 1.29 is 0 Å². The minimum absolute atomic E-state index is 1.11. The zero-order valence-electron chi connectivity index (χ0n) is 8.00. The highest BCUT2D eigenvalue weighted by molar-refractivity contribution is 7.98. The van der Waals surface area contributed by atoms with Crippen molar-refractivity contribution in [3.63, 3.8) is 0 Å². The van der Waals surface area contributed by atoms with Gasteiger partial charge in [0.05, 0.1) is 0 Å². The first-order valence-corrected chi connectivity index (χ1v) is 5.71. The Morgan fingerprint density at radius 1 is 1.31 bits per heavy atom. The highest BCUT2D eigenvalue weighted by atomic mass is 32.2. The predicted octanol–water partition coefficient (Wildman–Crippen LogP) is 2.77. The Balaban J connectivity index is 2.55. The van der Waals surface area contributed by atoms with Crippen LogP contribution in [0.2, 0.25) is 0 Å². The van der Waals surface area contributed by atoms with E-state index in [0.717, 1.165) is 6.42 Å². The van der Waals surface area contributed by atoms with E-state index in [1.165, 1.54) is 28.2 Å². The molecule has 1 aliphatic rings. The van der Waals surface area contributed by atoms with Crippen molar-refractivity contribution in [2.75, 3.05) is 13.3 Å². The molecule has 0 spiro atoms. The SMILES string of the molecule is CN=C1CCc2c(SC)cccc21. The fourth-order valence-electron chi connectivity index (χ4n) is 1.90. The van der Waals surface area contributed by atoms with Crippen LogP contribution in [0.25, 0.3) is 0 Å². The Kier molecular flexibility index (Phi) is 2.40. The number of benzene rings is 1. The van der Waals surface area contributed by atoms with Crippen LogP contribution in [0.15, 0.2) is 28.1 Å². The maximum absolute atomic E-state index is 4.31. The van der Waals surface area contributed by atoms with Gasteiger partial charge in [0.15, 0.2) is 0 Å². The summed E-state index contributed by atoms with van der Waals surface area (Å²) in [6, 6.07) is 6.51. The lowest BCUT2D eigenvalue weighted by atomic mass is 10.1. The van der Waals surface area contributed by atoms with Gasteiger partial charge in [-0.05, 0) is 36.3 Å². The number of rotatable bonds is 1. The molecular formula is C11H13NS. The zero-order valence-corrected chi connectivity index (χ0v) is 8.82. The number of fused-ring (bicyclic) bond motifs is 1. The van der Waals surface area contributed by atoms with Crippen molar-refractivity contribution in [2.24, 2.45) is 4.99 Å². The summed E-state index contributed by atoms with van der Waals surface area (Å²) in [7, 11) is 1.89. The molecule has 0 fully saturated rings. The van der Waals surface area contributed by atoms with Gasteiger partial charge in [-0.3, -0.25) is 4.99 Å². The van der Waals surface area contributed by atoms with E-state index in [1.54, 1.807) is 0 Å². The largest absolute Gasteiger partial charge is 0.292 e. The topological polar surface area (TPSA) is 12.4 Å². The zero-order chi connectivity index (χ0) is 9.26. The molecule has 0 saturated heterocycles. The lowest BCUT2D eigenvalue weighted by Gasteiger charge is -2.04. The van der Waals surface area contributed by atoms with Gasteiger partial charge in [-0.1, -0.05) is 12.1 Å². The summed E-state index contributed by atoms with van der Waals surface area (Å²) in [6.07, 6.45) is 4.42. The van der Waals surface area contributed by atoms with Crippen LogP contribution in [0, 0.1) is 0 Å². The van der Waals surface area contributed by atoms with Crippen molar-refractivity contribution in [3.8, 4) is 0 Å². The summed E-state index contributed by atoms with van der Waals surface area (Å²) in [5.41, 5.74) is 4.14. The van der Waals surface area contributed by atoms with Crippen LogP contribution in [0.5, 0.6) is 0 Å². The molecule has 2 rings (SSSR count). The minimum Gasteiger partial charge on any atom is -0.292 e. The molecule has 0 aromatic heterocycles. The molecule has 0 heterocycles. The van der Waals surface area contributed by atoms with Crippen LogP contribution < -0.4 is 0 Å². The van der Waals surface area contributed by atoms with Crippen LogP contribution in [0.4, 0.5) is 0 Å². The van der Waals surface area contributed by atoms with Crippen molar-refractivity contribution in [2.45, 2.75) is 17.7 Å². The van der Waals surface area contributed by atoms with Crippen molar-refractivity contribution >= 4 is 17.5 Å². The normalized spacial score (nSPS) is 17.8. The first-order chi connectivity index (χ1) is 6.36. The fraction of sp³-hybridized carbons (Fsp3) is 0.364. The lowest BCUT2D eigenvalue weighted by Crippen LogP contribution is -1.93. The standard InChI is InChI=1S/C11H13NS/c1-12-10-7-6-9-8(10)4-3-5-11(9)13-2/h3-5H,6-7H2,1-2H3. The second-order valence-corrected chi connectivity index (χ2v) is 4.00. The van der Waals surface area contributed by atoms with Crippen LogP contribution in [0.3, 0.4) is 0 Å². The molecule has 1 nitrogen and oxygen atoms in total. The average Bonchev–Trinajstić information content (AvgIpc) is 2.60. The average molecular weight is 191 g/mol. The van der Waals surface area contributed by atoms with E-state index in [2.05, 4.69) is 29.4 Å². The van der Waals surface area contributed by atoms with Crippen molar-refractivity contribution in [1.29, 1.82) is 0 Å².